The highest BCUT2D eigenvalue weighted by molar-refractivity contribution is 7.13. The first-order valence-corrected chi connectivity index (χ1v) is 9.73. The van der Waals surface area contributed by atoms with Crippen molar-refractivity contribution in [3.63, 3.8) is 0 Å². The third-order valence-corrected chi connectivity index (χ3v) is 4.91. The molecule has 2 heterocycles. The molecule has 0 aliphatic carbocycles. The van der Waals surface area contributed by atoms with E-state index in [1.165, 1.54) is 11.3 Å². The second kappa shape index (κ2) is 10.1. The number of hydrogen-bond donors (Lipinski definition) is 3. The molecule has 0 saturated carbocycles. The van der Waals surface area contributed by atoms with Gasteiger partial charge < -0.3 is 15.7 Å². The average molecular weight is 437 g/mol. The molecule has 0 fully saturated rings. The van der Waals surface area contributed by atoms with Crippen molar-refractivity contribution in [2.45, 2.75) is 25.1 Å². The van der Waals surface area contributed by atoms with Crippen LogP contribution in [0.3, 0.4) is 0 Å². The lowest BCUT2D eigenvalue weighted by atomic mass is 9.99. The number of aliphatic hydroxyl groups excluding tert-OH is 1. The fourth-order valence-corrected chi connectivity index (χ4v) is 3.11. The Morgan fingerprint density at radius 3 is 2.43 bits per heavy atom. The third kappa shape index (κ3) is 5.51. The molecule has 7 nitrogen and oxygen atoms in total. The maximum Gasteiger partial charge on any atom is 0.315 e. The number of nitrogens with zero attached hydrogens (tertiary/aromatic N) is 3. The summed E-state index contributed by atoms with van der Waals surface area (Å²) in [6.07, 6.45) is -3.05. The number of aliphatic hydroxyl groups is 1. The van der Waals surface area contributed by atoms with Gasteiger partial charge in [-0.15, -0.1) is 10.2 Å². The van der Waals surface area contributed by atoms with Crippen LogP contribution in [0, 0.1) is 0 Å². The fraction of sp³-hybridized carbons (Fsp3) is 0.263. The summed E-state index contributed by atoms with van der Waals surface area (Å²) >= 11 is 1.39. The summed E-state index contributed by atoms with van der Waals surface area (Å²) in [4.78, 5) is 15.5. The zero-order valence-electron chi connectivity index (χ0n) is 15.5. The number of hydrogen-bond acceptors (Lipinski definition) is 7. The molecule has 11 heteroatoms. The lowest BCUT2D eigenvalue weighted by Gasteiger charge is -2.22. The lowest BCUT2D eigenvalue weighted by Crippen LogP contribution is -2.43. The smallest absolute Gasteiger partial charge is 0.315 e. The minimum Gasteiger partial charge on any atom is -0.386 e. The summed E-state index contributed by atoms with van der Waals surface area (Å²) in [5.41, 5.74) is 4.35. The molecule has 1 amide bonds. The quantitative estimate of drug-likeness (QED) is 0.476. The minimum atomic E-state index is -3.28. The first-order chi connectivity index (χ1) is 14.5. The molecule has 3 aromatic rings. The van der Waals surface area contributed by atoms with Crippen molar-refractivity contribution in [1.82, 2.24) is 20.5 Å². The molecule has 3 N–H and O–H groups in total. The summed E-state index contributed by atoms with van der Waals surface area (Å²) < 4.78 is 37.8. The molecule has 2 atom stereocenters. The normalized spacial score (nSPS) is 13.1. The van der Waals surface area contributed by atoms with Gasteiger partial charge in [0.2, 0.25) is 5.13 Å². The maximum atomic E-state index is 13.1. The van der Waals surface area contributed by atoms with Crippen LogP contribution in [-0.2, 0) is 11.3 Å². The van der Waals surface area contributed by atoms with Crippen LogP contribution in [0.1, 0.15) is 17.4 Å². The average Bonchev–Trinajstić information content (AvgIpc) is 3.29. The van der Waals surface area contributed by atoms with Crippen molar-refractivity contribution in [2.75, 3.05) is 12.0 Å². The van der Waals surface area contributed by atoms with Gasteiger partial charge in [-0.25, -0.2) is 4.39 Å². The van der Waals surface area contributed by atoms with Crippen LogP contribution in [0.5, 0.6) is 0 Å². The van der Waals surface area contributed by atoms with Crippen molar-refractivity contribution in [3.8, 4) is 11.1 Å². The highest BCUT2D eigenvalue weighted by Crippen LogP contribution is 2.24. The number of anilines is 1. The van der Waals surface area contributed by atoms with E-state index in [1.54, 1.807) is 41.3 Å². The number of rotatable bonds is 9. The number of pyridine rings is 1. The van der Waals surface area contributed by atoms with Gasteiger partial charge in [-0.2, -0.15) is 8.78 Å². The number of nitrogens with one attached hydrogen (secondary N) is 2. The van der Waals surface area contributed by atoms with Gasteiger partial charge in [-0.3, -0.25) is 9.78 Å². The monoisotopic (exact) mass is 437 g/mol. The molecule has 1 aromatic carbocycles. The van der Waals surface area contributed by atoms with E-state index in [0.717, 1.165) is 16.8 Å². The Hall–Kier alpha value is -3.05. The van der Waals surface area contributed by atoms with E-state index in [1.807, 2.05) is 12.1 Å². The zero-order chi connectivity index (χ0) is 21.5. The van der Waals surface area contributed by atoms with Crippen LogP contribution in [-0.4, -0.2) is 45.3 Å². The van der Waals surface area contributed by atoms with Crippen molar-refractivity contribution in [2.24, 2.45) is 0 Å². The number of halogens is 3. The minimum absolute atomic E-state index is 0.293. The molecule has 0 radical (unpaired) electrons. The van der Waals surface area contributed by atoms with E-state index >= 15 is 0 Å². The van der Waals surface area contributed by atoms with Crippen molar-refractivity contribution < 1.29 is 23.1 Å². The SMILES string of the molecule is O=C(N[C@H](CF)[C@H](O)c1ccc(-c2ccc(CNc3nncs3)nc2)cc1)C(F)F. The first-order valence-electron chi connectivity index (χ1n) is 8.85. The van der Waals surface area contributed by atoms with Gasteiger partial charge in [0.25, 0.3) is 5.91 Å². The van der Waals surface area contributed by atoms with Crippen LogP contribution >= 0.6 is 11.3 Å². The highest BCUT2D eigenvalue weighted by atomic mass is 32.1. The van der Waals surface area contributed by atoms with Gasteiger partial charge in [0.1, 0.15) is 18.3 Å². The summed E-state index contributed by atoms with van der Waals surface area (Å²) in [5.74, 6) is -1.62. The predicted molar refractivity (Wildman–Crippen MR) is 106 cm³/mol. The Morgan fingerprint density at radius 1 is 1.13 bits per heavy atom. The predicted octanol–water partition coefficient (Wildman–Crippen LogP) is 2.97. The summed E-state index contributed by atoms with van der Waals surface area (Å²) in [6, 6.07) is 8.75. The Balaban J connectivity index is 1.63. The van der Waals surface area contributed by atoms with Crippen LogP contribution in [0.15, 0.2) is 48.1 Å². The second-order valence-electron chi connectivity index (χ2n) is 6.27. The van der Waals surface area contributed by atoms with Gasteiger partial charge in [-0.1, -0.05) is 41.7 Å². The van der Waals surface area contributed by atoms with Gasteiger partial charge >= 0.3 is 6.43 Å². The number of amides is 1. The highest BCUT2D eigenvalue weighted by Gasteiger charge is 2.26. The molecule has 0 unspecified atom stereocenters. The van der Waals surface area contributed by atoms with Gasteiger partial charge in [0.05, 0.1) is 18.3 Å². The second-order valence-corrected chi connectivity index (χ2v) is 7.11. The van der Waals surface area contributed by atoms with E-state index in [-0.39, 0.29) is 0 Å². The molecular weight excluding hydrogens is 419 g/mol. The van der Waals surface area contributed by atoms with Gasteiger partial charge in [-0.05, 0) is 17.2 Å². The third-order valence-electron chi connectivity index (χ3n) is 4.26. The Labute approximate surface area is 174 Å². The molecule has 0 aliphatic heterocycles. The largest absolute Gasteiger partial charge is 0.386 e. The van der Waals surface area contributed by atoms with E-state index in [0.29, 0.717) is 17.2 Å². The Morgan fingerprint density at radius 2 is 1.87 bits per heavy atom. The van der Waals surface area contributed by atoms with Crippen LogP contribution in [0.2, 0.25) is 0 Å². The lowest BCUT2D eigenvalue weighted by molar-refractivity contribution is -0.133. The molecule has 30 heavy (non-hydrogen) atoms. The van der Waals surface area contributed by atoms with Gasteiger partial charge in [0, 0.05) is 11.8 Å². The zero-order valence-corrected chi connectivity index (χ0v) is 16.3. The topological polar surface area (TPSA) is 100 Å². The number of carbonyl (C=O) groups excluding carboxylic acids is 1. The maximum absolute atomic E-state index is 13.1. The molecule has 2 aromatic heterocycles. The van der Waals surface area contributed by atoms with E-state index in [9.17, 15) is 23.1 Å². The van der Waals surface area contributed by atoms with Crippen molar-refractivity contribution in [3.05, 3.63) is 59.4 Å². The Bertz CT molecular complexity index is 940. The van der Waals surface area contributed by atoms with E-state index in [2.05, 4.69) is 20.5 Å². The van der Waals surface area contributed by atoms with Crippen molar-refractivity contribution >= 4 is 22.4 Å². The number of aromatic nitrogens is 3. The summed E-state index contributed by atoms with van der Waals surface area (Å²) in [6.45, 7) is -0.687. The summed E-state index contributed by atoms with van der Waals surface area (Å²) in [5, 5.41) is 23.4. The number of carbonyl (C=O) groups is 1. The molecule has 158 valence electrons. The van der Waals surface area contributed by atoms with Crippen LogP contribution in [0.25, 0.3) is 11.1 Å². The number of alkyl halides is 3. The van der Waals surface area contributed by atoms with Crippen LogP contribution in [0.4, 0.5) is 18.3 Å². The van der Waals surface area contributed by atoms with Crippen LogP contribution < -0.4 is 10.6 Å². The Kier molecular flexibility index (Phi) is 7.31. The van der Waals surface area contributed by atoms with E-state index in [4.69, 9.17) is 0 Å². The molecule has 0 saturated heterocycles. The first kappa shape index (κ1) is 21.7. The molecular formula is C19H18F3N5O2S. The number of benzene rings is 1. The fourth-order valence-electron chi connectivity index (χ4n) is 2.67. The van der Waals surface area contributed by atoms with E-state index < -0.39 is 31.2 Å². The molecule has 0 aliphatic rings. The molecule has 3 rings (SSSR count). The van der Waals surface area contributed by atoms with Gasteiger partial charge in [0.15, 0.2) is 0 Å². The standard InChI is InChI=1S/C19H18F3N5O2S/c20-7-15(26-18(29)17(21)22)16(28)12-3-1-11(2-4-12)13-5-6-14(23-8-13)9-24-19-27-25-10-30-19/h1-6,8,10,15-17,28H,7,9H2,(H,24,27)(H,26,29)/t15-,16-/m1/s1. The summed E-state index contributed by atoms with van der Waals surface area (Å²) in [7, 11) is 0. The molecule has 0 spiro atoms. The van der Waals surface area contributed by atoms with Crippen molar-refractivity contribution in [1.29, 1.82) is 0 Å². The molecule has 0 bridgehead atoms.